The molecule has 144 valence electrons. The highest BCUT2D eigenvalue weighted by atomic mass is 32.2. The molecule has 0 bridgehead atoms. The van der Waals surface area contributed by atoms with Gasteiger partial charge in [-0.15, -0.1) is 23.1 Å². The van der Waals surface area contributed by atoms with Crippen LogP contribution in [0.25, 0.3) is 0 Å². The summed E-state index contributed by atoms with van der Waals surface area (Å²) in [4.78, 5) is 20.4. The average Bonchev–Trinajstić information content (AvgIpc) is 3.24. The Balaban J connectivity index is 1.41. The number of fused-ring (bicyclic) bond motifs is 1. The van der Waals surface area contributed by atoms with Crippen LogP contribution >= 0.6 is 23.1 Å². The van der Waals surface area contributed by atoms with E-state index in [0.717, 1.165) is 40.4 Å². The number of nitrogens with one attached hydrogen (secondary N) is 1. The molecule has 0 atom stereocenters. The van der Waals surface area contributed by atoms with Gasteiger partial charge in [0.2, 0.25) is 0 Å². The molecule has 0 spiro atoms. The van der Waals surface area contributed by atoms with E-state index in [-0.39, 0.29) is 5.91 Å². The third-order valence-electron chi connectivity index (χ3n) is 4.94. The third kappa shape index (κ3) is 4.39. The Morgan fingerprint density at radius 2 is 2.18 bits per heavy atom. The summed E-state index contributed by atoms with van der Waals surface area (Å²) in [7, 11) is 2.14. The SMILES string of the molecule is CN1CCCc2cc(CNC(=O)c3ccccc3SCc3cscn3)ccc21. The van der Waals surface area contributed by atoms with Crippen LogP contribution in [-0.4, -0.2) is 24.5 Å². The Hall–Kier alpha value is -2.31. The van der Waals surface area contributed by atoms with E-state index < -0.39 is 0 Å². The molecule has 4 nitrogen and oxygen atoms in total. The van der Waals surface area contributed by atoms with Crippen LogP contribution < -0.4 is 10.2 Å². The highest BCUT2D eigenvalue weighted by Gasteiger charge is 2.15. The molecule has 0 unspecified atom stereocenters. The van der Waals surface area contributed by atoms with E-state index in [9.17, 15) is 4.79 Å². The molecular weight excluding hydrogens is 386 g/mol. The van der Waals surface area contributed by atoms with Gasteiger partial charge in [-0.3, -0.25) is 4.79 Å². The second-order valence-electron chi connectivity index (χ2n) is 6.94. The van der Waals surface area contributed by atoms with Crippen molar-refractivity contribution in [1.29, 1.82) is 0 Å². The van der Waals surface area contributed by atoms with Gasteiger partial charge in [-0.2, -0.15) is 0 Å². The minimum atomic E-state index is -0.0313. The van der Waals surface area contributed by atoms with Gasteiger partial charge in [0.1, 0.15) is 0 Å². The Labute approximate surface area is 174 Å². The van der Waals surface area contributed by atoms with Crippen molar-refractivity contribution in [3.63, 3.8) is 0 Å². The first kappa shape index (κ1) is 19.0. The van der Waals surface area contributed by atoms with Crippen LogP contribution in [0, 0.1) is 0 Å². The molecule has 0 aliphatic carbocycles. The smallest absolute Gasteiger partial charge is 0.252 e. The van der Waals surface area contributed by atoms with Crippen LogP contribution in [0.5, 0.6) is 0 Å². The number of rotatable bonds is 6. The number of thioether (sulfide) groups is 1. The highest BCUT2D eigenvalue weighted by molar-refractivity contribution is 7.98. The summed E-state index contributed by atoms with van der Waals surface area (Å²) in [6.45, 7) is 1.65. The molecule has 1 aromatic heterocycles. The molecule has 1 aliphatic rings. The maximum absolute atomic E-state index is 12.8. The van der Waals surface area contributed by atoms with Crippen molar-refractivity contribution < 1.29 is 4.79 Å². The quantitative estimate of drug-likeness (QED) is 0.597. The molecule has 0 radical (unpaired) electrons. The maximum atomic E-state index is 12.8. The number of amides is 1. The zero-order valence-electron chi connectivity index (χ0n) is 15.9. The molecule has 1 N–H and O–H groups in total. The molecule has 3 aromatic rings. The van der Waals surface area contributed by atoms with Crippen LogP contribution in [0.3, 0.4) is 0 Å². The lowest BCUT2D eigenvalue weighted by Crippen LogP contribution is -2.26. The monoisotopic (exact) mass is 409 g/mol. The number of aryl methyl sites for hydroxylation is 1. The minimum absolute atomic E-state index is 0.0313. The van der Waals surface area contributed by atoms with Gasteiger partial charge in [0, 0.05) is 41.9 Å². The molecule has 1 aliphatic heterocycles. The van der Waals surface area contributed by atoms with Gasteiger partial charge in [-0.1, -0.05) is 24.3 Å². The van der Waals surface area contributed by atoms with Gasteiger partial charge in [-0.25, -0.2) is 4.98 Å². The lowest BCUT2D eigenvalue weighted by molar-refractivity contribution is 0.0948. The first-order valence-electron chi connectivity index (χ1n) is 9.41. The Bertz CT molecular complexity index is 956. The Morgan fingerprint density at radius 1 is 1.29 bits per heavy atom. The van der Waals surface area contributed by atoms with Crippen LogP contribution in [0.4, 0.5) is 5.69 Å². The van der Waals surface area contributed by atoms with E-state index in [4.69, 9.17) is 0 Å². The first-order chi connectivity index (χ1) is 13.7. The van der Waals surface area contributed by atoms with Crippen molar-refractivity contribution in [3.05, 3.63) is 75.7 Å². The first-order valence-corrected chi connectivity index (χ1v) is 11.3. The fraction of sp³-hybridized carbons (Fsp3) is 0.273. The Morgan fingerprint density at radius 3 is 3.04 bits per heavy atom. The van der Waals surface area contributed by atoms with Gasteiger partial charge in [0.25, 0.3) is 5.91 Å². The fourth-order valence-electron chi connectivity index (χ4n) is 3.47. The van der Waals surface area contributed by atoms with Crippen LogP contribution in [0.2, 0.25) is 0 Å². The van der Waals surface area contributed by atoms with Crippen molar-refractivity contribution in [2.24, 2.45) is 0 Å². The molecule has 0 fully saturated rings. The summed E-state index contributed by atoms with van der Waals surface area (Å²) in [5, 5.41) is 5.13. The Kier molecular flexibility index (Phi) is 5.98. The highest BCUT2D eigenvalue weighted by Crippen LogP contribution is 2.28. The largest absolute Gasteiger partial charge is 0.374 e. The number of benzene rings is 2. The molecule has 4 rings (SSSR count). The molecule has 1 amide bonds. The summed E-state index contributed by atoms with van der Waals surface area (Å²) in [6, 6.07) is 14.3. The van der Waals surface area contributed by atoms with Crippen molar-refractivity contribution >= 4 is 34.7 Å². The normalized spacial score (nSPS) is 13.2. The van der Waals surface area contributed by atoms with Crippen LogP contribution in [-0.2, 0) is 18.7 Å². The number of hydrogen-bond donors (Lipinski definition) is 1. The zero-order valence-corrected chi connectivity index (χ0v) is 17.5. The van der Waals surface area contributed by atoms with E-state index in [2.05, 4.69) is 40.4 Å². The molecular formula is C22H23N3OS2. The van der Waals surface area contributed by atoms with Crippen molar-refractivity contribution in [3.8, 4) is 0 Å². The number of aromatic nitrogens is 1. The predicted molar refractivity (Wildman–Crippen MR) is 117 cm³/mol. The summed E-state index contributed by atoms with van der Waals surface area (Å²) in [5.41, 5.74) is 7.44. The van der Waals surface area contributed by atoms with E-state index in [1.165, 1.54) is 17.7 Å². The number of nitrogens with zero attached hydrogens (tertiary/aromatic N) is 2. The van der Waals surface area contributed by atoms with Crippen LogP contribution in [0.15, 0.2) is 58.3 Å². The number of carbonyl (C=O) groups excluding carboxylic acids is 1. The third-order valence-corrected chi connectivity index (χ3v) is 6.68. The van der Waals surface area contributed by atoms with Gasteiger partial charge >= 0.3 is 0 Å². The number of anilines is 1. The molecule has 2 heterocycles. The van der Waals surface area contributed by atoms with Crippen molar-refractivity contribution in [2.45, 2.75) is 30.0 Å². The van der Waals surface area contributed by atoms with Crippen molar-refractivity contribution in [2.75, 3.05) is 18.5 Å². The summed E-state index contributed by atoms with van der Waals surface area (Å²) < 4.78 is 0. The van der Waals surface area contributed by atoms with Gasteiger partial charge in [-0.05, 0) is 42.2 Å². The van der Waals surface area contributed by atoms with E-state index in [1.807, 2.05) is 35.2 Å². The molecule has 0 saturated heterocycles. The summed E-state index contributed by atoms with van der Waals surface area (Å²) >= 11 is 3.25. The second kappa shape index (κ2) is 8.80. The van der Waals surface area contributed by atoms with Gasteiger partial charge < -0.3 is 10.2 Å². The molecule has 0 saturated carbocycles. The van der Waals surface area contributed by atoms with Crippen LogP contribution in [0.1, 0.15) is 33.6 Å². The predicted octanol–water partition coefficient (Wildman–Crippen LogP) is 4.75. The van der Waals surface area contributed by atoms with E-state index in [0.29, 0.717) is 6.54 Å². The number of thiazole rings is 1. The van der Waals surface area contributed by atoms with E-state index in [1.54, 1.807) is 23.1 Å². The lowest BCUT2D eigenvalue weighted by Gasteiger charge is -2.27. The molecule has 2 aromatic carbocycles. The summed E-state index contributed by atoms with van der Waals surface area (Å²) in [6.07, 6.45) is 2.29. The van der Waals surface area contributed by atoms with Crippen molar-refractivity contribution in [1.82, 2.24) is 10.3 Å². The summed E-state index contributed by atoms with van der Waals surface area (Å²) in [5.74, 6) is 0.739. The van der Waals surface area contributed by atoms with Gasteiger partial charge in [0.05, 0.1) is 16.8 Å². The topological polar surface area (TPSA) is 45.2 Å². The van der Waals surface area contributed by atoms with E-state index >= 15 is 0 Å². The maximum Gasteiger partial charge on any atom is 0.252 e. The number of carbonyl (C=O) groups is 1. The average molecular weight is 410 g/mol. The lowest BCUT2D eigenvalue weighted by atomic mass is 9.99. The zero-order chi connectivity index (χ0) is 19.3. The molecule has 28 heavy (non-hydrogen) atoms. The van der Waals surface area contributed by atoms with Gasteiger partial charge in [0.15, 0.2) is 0 Å². The molecule has 6 heteroatoms. The fourth-order valence-corrected chi connectivity index (χ4v) is 5.08. The number of hydrogen-bond acceptors (Lipinski definition) is 5. The standard InChI is InChI=1S/C22H23N3OS2/c1-25-10-4-5-17-11-16(8-9-20(17)25)12-23-22(26)19-6-2-3-7-21(19)28-14-18-13-27-15-24-18/h2-3,6-9,11,13,15H,4-5,10,12,14H2,1H3,(H,23,26). The second-order valence-corrected chi connectivity index (χ2v) is 8.67. The minimum Gasteiger partial charge on any atom is -0.374 e.